The van der Waals surface area contributed by atoms with E-state index in [2.05, 4.69) is 181 Å². The van der Waals surface area contributed by atoms with Gasteiger partial charge in [0.05, 0.1) is 25.8 Å². The number of rotatable bonds is 19. The zero-order valence-corrected chi connectivity index (χ0v) is 49.4. The van der Waals surface area contributed by atoms with Crippen molar-refractivity contribution in [3.8, 4) is 0 Å². The Morgan fingerprint density at radius 2 is 1.01 bits per heavy atom. The summed E-state index contributed by atoms with van der Waals surface area (Å²) in [7, 11) is -10.2. The molecule has 0 aromatic carbocycles. The first-order valence-electron chi connectivity index (χ1n) is 22.0. The normalized spacial score (nSPS) is 23.5. The lowest BCUT2D eigenvalue weighted by atomic mass is 9.92. The topological polar surface area (TPSA) is 269 Å². The van der Waals surface area contributed by atoms with Crippen LogP contribution in [0.15, 0.2) is 137 Å². The van der Waals surface area contributed by atoms with Gasteiger partial charge in [0.25, 0.3) is 0 Å². The Labute approximate surface area is 427 Å². The van der Waals surface area contributed by atoms with Crippen LogP contribution in [-0.2, 0) is 52.5 Å². The van der Waals surface area contributed by atoms with E-state index in [4.69, 9.17) is 24.4 Å². The van der Waals surface area contributed by atoms with Gasteiger partial charge in [-0.05, 0) is 32.3 Å². The monoisotopic (exact) mass is 1100 g/mol. The Bertz CT molecular complexity index is 1790. The van der Waals surface area contributed by atoms with Gasteiger partial charge in [-0.1, -0.05) is 94.0 Å². The molecule has 0 amide bonds. The summed E-state index contributed by atoms with van der Waals surface area (Å²) >= 11 is 0. The molecule has 3 aliphatic rings. The maximum Gasteiger partial charge on any atom is 0.338 e. The third-order valence-corrected chi connectivity index (χ3v) is 32.3. The smallest absolute Gasteiger partial charge is 0.338 e. The van der Waals surface area contributed by atoms with Crippen molar-refractivity contribution in [3.63, 3.8) is 0 Å². The minimum absolute atomic E-state index is 0.248. The first kappa shape index (κ1) is 70.4. The SMILES string of the molecule is C=CC(=O)OCC(CO)(COC(=O)C=C)COC(=O)C=C.C=CC(O)[Si](C)(C)C.C=CCN[Si](C)(C)C.C=C[Si]1(C)N[Si](C)(C=C)N[Si](C)(C=C)N[Si](C)(C=C)N1.O=C1C=CC(=O)O1.O=C1C=CC(O)O1. The number of hydrogen-bond acceptors (Lipinski definition) is 19. The summed E-state index contributed by atoms with van der Waals surface area (Å²) in [4.78, 5) is 66.5. The summed E-state index contributed by atoms with van der Waals surface area (Å²) in [5, 5.41) is 27.0. The quantitative estimate of drug-likeness (QED) is 0.0229. The number of aliphatic hydroxyl groups is 3. The second-order valence-electron chi connectivity index (χ2n) is 18.4. The average Bonchev–Trinajstić information content (AvgIpc) is 3.90. The molecule has 25 heteroatoms. The molecule has 71 heavy (non-hydrogen) atoms. The molecule has 19 nitrogen and oxygen atoms in total. The van der Waals surface area contributed by atoms with Gasteiger partial charge in [-0.25, -0.2) is 28.8 Å². The lowest BCUT2D eigenvalue weighted by Crippen LogP contribution is -2.89. The summed E-state index contributed by atoms with van der Waals surface area (Å²) < 4.78 is 38.0. The van der Waals surface area contributed by atoms with E-state index in [1.54, 1.807) is 6.08 Å². The van der Waals surface area contributed by atoms with Crippen molar-refractivity contribution in [2.45, 2.75) is 77.5 Å². The number of carbonyl (C=O) groups is 6. The predicted octanol–water partition coefficient (Wildman–Crippen LogP) is 3.75. The third-order valence-electron chi connectivity index (χ3n) is 9.19. The van der Waals surface area contributed by atoms with Crippen molar-refractivity contribution in [1.82, 2.24) is 23.6 Å². The molecule has 3 aliphatic heterocycles. The molecule has 0 aromatic rings. The molecule has 0 aliphatic carbocycles. The Morgan fingerprint density at radius 1 is 0.676 bits per heavy atom. The van der Waals surface area contributed by atoms with E-state index in [-0.39, 0.29) is 25.5 Å². The maximum absolute atomic E-state index is 11.1. The lowest BCUT2D eigenvalue weighted by Gasteiger charge is -2.49. The summed E-state index contributed by atoms with van der Waals surface area (Å²) in [6.45, 7) is 54.5. The molecular weight excluding hydrogens is 1020 g/mol. The first-order chi connectivity index (χ1) is 32.6. The van der Waals surface area contributed by atoms with Gasteiger partial charge in [-0.2, -0.15) is 0 Å². The summed E-state index contributed by atoms with van der Waals surface area (Å²) in [6, 6.07) is 0. The van der Waals surface area contributed by atoms with Crippen LogP contribution in [0, 0.1) is 5.41 Å². The molecular formula is C46H81N5O14Si6. The summed E-state index contributed by atoms with van der Waals surface area (Å²) in [5.74, 6) is -3.81. The second-order valence-corrected chi connectivity index (χ2v) is 43.9. The van der Waals surface area contributed by atoms with Gasteiger partial charge in [0.15, 0.2) is 0 Å². The number of nitrogens with one attached hydrogen (secondary N) is 5. The number of esters is 6. The van der Waals surface area contributed by atoms with Crippen LogP contribution in [0.25, 0.3) is 0 Å². The van der Waals surface area contributed by atoms with E-state index >= 15 is 0 Å². The highest BCUT2D eigenvalue weighted by atomic mass is 28.5. The maximum atomic E-state index is 11.1. The van der Waals surface area contributed by atoms with Crippen LogP contribution in [0.1, 0.15) is 0 Å². The molecule has 398 valence electrons. The van der Waals surface area contributed by atoms with E-state index < -0.39 is 104 Å². The molecule has 0 aromatic heterocycles. The van der Waals surface area contributed by atoms with Gasteiger partial charge in [0.2, 0.25) is 39.9 Å². The van der Waals surface area contributed by atoms with Crippen LogP contribution in [0.4, 0.5) is 0 Å². The number of cyclic esters (lactones) is 3. The molecule has 8 N–H and O–H groups in total. The fourth-order valence-corrected chi connectivity index (χ4v) is 30.4. The fourth-order valence-electron chi connectivity index (χ4n) is 5.20. The molecule has 0 radical (unpaired) electrons. The Morgan fingerprint density at radius 3 is 1.14 bits per heavy atom. The van der Waals surface area contributed by atoms with Crippen molar-refractivity contribution in [2.24, 2.45) is 5.41 Å². The fraction of sp³-hybridized carbons (Fsp3) is 0.391. The van der Waals surface area contributed by atoms with Crippen molar-refractivity contribution in [1.29, 1.82) is 0 Å². The number of ether oxygens (including phenoxy) is 5. The van der Waals surface area contributed by atoms with E-state index in [9.17, 15) is 33.9 Å². The van der Waals surface area contributed by atoms with E-state index in [0.29, 0.717) is 0 Å². The highest BCUT2D eigenvalue weighted by Crippen LogP contribution is 2.20. The van der Waals surface area contributed by atoms with Gasteiger partial charge in [-0.15, -0.1) is 39.5 Å². The van der Waals surface area contributed by atoms with Crippen LogP contribution >= 0.6 is 0 Å². The van der Waals surface area contributed by atoms with E-state index in [0.717, 1.165) is 36.9 Å². The van der Waals surface area contributed by atoms with Crippen LogP contribution in [0.3, 0.4) is 0 Å². The highest BCUT2D eigenvalue weighted by molar-refractivity contribution is 7.10. The van der Waals surface area contributed by atoms with Gasteiger partial charge < -0.3 is 62.6 Å². The van der Waals surface area contributed by atoms with Gasteiger partial charge in [0.1, 0.15) is 28.1 Å². The highest BCUT2D eigenvalue weighted by Gasteiger charge is 2.48. The molecule has 3 rings (SSSR count). The van der Waals surface area contributed by atoms with Gasteiger partial charge in [0, 0.05) is 43.0 Å². The third kappa shape index (κ3) is 32.7. The van der Waals surface area contributed by atoms with Crippen LogP contribution < -0.4 is 23.6 Å². The number of carbonyl (C=O) groups excluding carboxylic acids is 6. The van der Waals surface area contributed by atoms with Crippen LogP contribution in [0.2, 0.25) is 65.5 Å². The Hall–Kier alpha value is -4.86. The predicted molar refractivity (Wildman–Crippen MR) is 295 cm³/mol. The zero-order chi connectivity index (χ0) is 55.9. The summed E-state index contributed by atoms with van der Waals surface area (Å²) in [6.07, 6.45) is 9.96. The van der Waals surface area contributed by atoms with E-state index in [1.165, 1.54) is 12.2 Å². The largest absolute Gasteiger partial charge is 0.462 e. The molecule has 2 atom stereocenters. The molecule has 3 heterocycles. The molecule has 1 fully saturated rings. The zero-order valence-electron chi connectivity index (χ0n) is 43.4. The molecule has 0 saturated carbocycles. The minimum atomic E-state index is -1.97. The first-order valence-corrected chi connectivity index (χ1v) is 39.4. The molecule has 2 unspecified atom stereocenters. The van der Waals surface area contributed by atoms with Crippen molar-refractivity contribution < 1.29 is 67.8 Å². The standard InChI is InChI=1S/C14H18O7.C12H28N4Si4.C6H15NSi.C6H14OSi.C4H4O3.C4H2O3/c1-4-11(16)19-8-14(7-15,9-20-12(17)5-2)10-21-13(18)6-3;1-9-17(5)13-18(6,10-2)15-20(8,12-4)16-19(7,11-3)14-17;1-5-6-7-8(2,3)4;1-5-6(7)8(2,3)4;2*5-3-1-2-4(6)7-3/h4-6,15H,1-3,7-10H2;9-16H,1-4H2,5-8H3;5,7H,1,6H2,2-4H3;5-7H,1H2,2-4H3;1-3,5H;1-2H. The summed E-state index contributed by atoms with van der Waals surface area (Å²) in [5.41, 5.74) is 6.68. The van der Waals surface area contributed by atoms with Gasteiger partial charge in [-0.3, -0.25) is 0 Å². The Kier molecular flexibility index (Phi) is 33.4. The molecule has 0 bridgehead atoms. The van der Waals surface area contributed by atoms with Crippen molar-refractivity contribution in [2.75, 3.05) is 33.0 Å². The molecule has 1 saturated heterocycles. The number of hydrogen-bond donors (Lipinski definition) is 8. The van der Waals surface area contributed by atoms with E-state index in [1.807, 2.05) is 6.08 Å². The second kappa shape index (κ2) is 33.7. The van der Waals surface area contributed by atoms with Crippen LogP contribution in [-0.4, -0.2) is 146 Å². The van der Waals surface area contributed by atoms with Crippen molar-refractivity contribution in [3.05, 3.63) is 137 Å². The van der Waals surface area contributed by atoms with Gasteiger partial charge >= 0.3 is 35.8 Å². The average molecular weight is 1100 g/mol. The number of aliphatic hydroxyl groups excluding tert-OH is 3. The Balaban J connectivity index is -0.000000839. The lowest BCUT2D eigenvalue weighted by molar-refractivity contribution is -0.159. The van der Waals surface area contributed by atoms with Crippen LogP contribution in [0.5, 0.6) is 0 Å². The molecule has 0 spiro atoms. The minimum Gasteiger partial charge on any atom is -0.462 e. The van der Waals surface area contributed by atoms with Crippen molar-refractivity contribution >= 4 is 85.7 Å².